The maximum Gasteiger partial charge on any atom is 0.335 e. The van der Waals surface area contributed by atoms with E-state index in [0.717, 1.165) is 83.6 Å². The van der Waals surface area contributed by atoms with Gasteiger partial charge in [-0.2, -0.15) is 8.78 Å². The second kappa shape index (κ2) is 14.4. The number of fused-ring (bicyclic) bond motifs is 1. The van der Waals surface area contributed by atoms with Gasteiger partial charge in [-0.3, -0.25) is 0 Å². The first kappa shape index (κ1) is 31.8. The largest absolute Gasteiger partial charge is 0.490 e. The van der Waals surface area contributed by atoms with Crippen molar-refractivity contribution in [2.24, 2.45) is 5.92 Å². The number of hydrogen-bond acceptors (Lipinski definition) is 3. The topological polar surface area (TPSA) is 46.5 Å². The first-order valence-corrected chi connectivity index (χ1v) is 16.4. The molecule has 3 aromatic carbocycles. The summed E-state index contributed by atoms with van der Waals surface area (Å²) in [5.74, 6) is 0.634. The van der Waals surface area contributed by atoms with Gasteiger partial charge in [0.25, 0.3) is 0 Å². The summed E-state index contributed by atoms with van der Waals surface area (Å²) in [4.78, 5) is 12.2. The molecular weight excluding hydrogens is 574 g/mol. The van der Waals surface area contributed by atoms with Crippen molar-refractivity contribution in [2.45, 2.75) is 80.5 Å². The number of halogens is 2. The normalized spacial score (nSPS) is 18.4. The smallest absolute Gasteiger partial charge is 0.335 e. The molecule has 44 heavy (non-hydrogen) atoms. The molecule has 2 unspecified atom stereocenters. The predicted octanol–water partition coefficient (Wildman–Crippen LogP) is 10.8. The van der Waals surface area contributed by atoms with Gasteiger partial charge in [0.2, 0.25) is 0 Å². The molecule has 2 aliphatic rings. The number of aryl methyl sites for hydroxylation is 1. The lowest BCUT2D eigenvalue weighted by Crippen LogP contribution is -2.12. The van der Waals surface area contributed by atoms with E-state index >= 15 is 0 Å². The zero-order valence-electron chi connectivity index (χ0n) is 25.1. The number of allylic oxidation sites excluding steroid dienone is 2. The minimum absolute atomic E-state index is 0.234. The van der Waals surface area contributed by atoms with E-state index in [9.17, 15) is 18.7 Å². The summed E-state index contributed by atoms with van der Waals surface area (Å²) in [5.41, 5.74) is 6.41. The zero-order chi connectivity index (χ0) is 31.1. The van der Waals surface area contributed by atoms with Crippen LogP contribution in [0.1, 0.15) is 90.4 Å². The van der Waals surface area contributed by atoms with Gasteiger partial charge in [0.15, 0.2) is 0 Å². The van der Waals surface area contributed by atoms with Gasteiger partial charge in [-0.15, -0.1) is 6.58 Å². The number of benzene rings is 3. The molecule has 0 heterocycles. The highest BCUT2D eigenvalue weighted by Gasteiger charge is 2.27. The summed E-state index contributed by atoms with van der Waals surface area (Å²) >= 11 is 0.475. The van der Waals surface area contributed by atoms with Crippen molar-refractivity contribution in [3.63, 3.8) is 0 Å². The van der Waals surface area contributed by atoms with E-state index in [2.05, 4.69) is 25.3 Å². The third kappa shape index (κ3) is 7.89. The van der Waals surface area contributed by atoms with E-state index < -0.39 is 11.2 Å². The molecule has 6 heteroatoms. The SMILES string of the molecule is C=CCCCCC1CCC(Oc2ccc(C3=C(c4ccc(SC(F)(F)C=C)cc4)CCCc4cc(C(=O)O)ccc43)cc2)C1. The van der Waals surface area contributed by atoms with Crippen LogP contribution in [0.4, 0.5) is 8.78 Å². The molecule has 0 radical (unpaired) electrons. The Morgan fingerprint density at radius 3 is 2.43 bits per heavy atom. The molecule has 2 atom stereocenters. The van der Waals surface area contributed by atoms with Gasteiger partial charge in [-0.25, -0.2) is 4.79 Å². The summed E-state index contributed by atoms with van der Waals surface area (Å²) in [7, 11) is 0. The molecule has 1 N–H and O–H groups in total. The van der Waals surface area contributed by atoms with Gasteiger partial charge >= 0.3 is 11.2 Å². The van der Waals surface area contributed by atoms with E-state index in [4.69, 9.17) is 4.74 Å². The molecule has 2 aliphatic carbocycles. The van der Waals surface area contributed by atoms with Gasteiger partial charge < -0.3 is 9.84 Å². The van der Waals surface area contributed by atoms with Crippen molar-refractivity contribution in [3.8, 4) is 5.75 Å². The maximum absolute atomic E-state index is 13.9. The second-order valence-corrected chi connectivity index (χ2v) is 13.0. The van der Waals surface area contributed by atoms with Crippen LogP contribution in [0.15, 0.2) is 96.9 Å². The van der Waals surface area contributed by atoms with Gasteiger partial charge in [0.1, 0.15) is 5.75 Å². The Morgan fingerprint density at radius 1 is 0.977 bits per heavy atom. The Kier molecular flexibility index (Phi) is 10.4. The van der Waals surface area contributed by atoms with Crippen molar-refractivity contribution in [2.75, 3.05) is 0 Å². The fraction of sp³-hybridized carbons (Fsp3) is 0.342. The van der Waals surface area contributed by atoms with Crippen LogP contribution in [0.3, 0.4) is 0 Å². The predicted molar refractivity (Wildman–Crippen MR) is 177 cm³/mol. The van der Waals surface area contributed by atoms with E-state index in [0.29, 0.717) is 22.7 Å². The molecule has 0 aliphatic heterocycles. The monoisotopic (exact) mass is 614 g/mol. The van der Waals surface area contributed by atoms with Crippen LogP contribution in [-0.4, -0.2) is 22.4 Å². The molecule has 3 aromatic rings. The molecule has 1 saturated carbocycles. The highest BCUT2D eigenvalue weighted by Crippen LogP contribution is 2.42. The van der Waals surface area contributed by atoms with Crippen LogP contribution in [0, 0.1) is 5.92 Å². The van der Waals surface area contributed by atoms with Crippen LogP contribution >= 0.6 is 11.8 Å². The Balaban J connectivity index is 1.43. The molecule has 0 spiro atoms. The van der Waals surface area contributed by atoms with Crippen LogP contribution in [-0.2, 0) is 6.42 Å². The highest BCUT2D eigenvalue weighted by molar-refractivity contribution is 8.00. The molecule has 230 valence electrons. The first-order valence-electron chi connectivity index (χ1n) is 15.5. The third-order valence-electron chi connectivity index (χ3n) is 8.70. The van der Waals surface area contributed by atoms with E-state index in [1.54, 1.807) is 24.3 Å². The lowest BCUT2D eigenvalue weighted by atomic mass is 9.87. The Morgan fingerprint density at radius 2 is 1.73 bits per heavy atom. The molecule has 0 bridgehead atoms. The van der Waals surface area contributed by atoms with Crippen LogP contribution in [0.25, 0.3) is 11.1 Å². The van der Waals surface area contributed by atoms with Crippen LogP contribution < -0.4 is 4.74 Å². The Labute approximate surface area is 263 Å². The van der Waals surface area contributed by atoms with Gasteiger partial charge in [0.05, 0.1) is 11.7 Å². The van der Waals surface area contributed by atoms with Crippen molar-refractivity contribution >= 4 is 28.9 Å². The van der Waals surface area contributed by atoms with E-state index in [1.165, 1.54) is 25.7 Å². The van der Waals surface area contributed by atoms with Crippen molar-refractivity contribution in [3.05, 3.63) is 120 Å². The van der Waals surface area contributed by atoms with Crippen LogP contribution in [0.5, 0.6) is 5.75 Å². The van der Waals surface area contributed by atoms with E-state index in [1.807, 2.05) is 36.4 Å². The fourth-order valence-electron chi connectivity index (χ4n) is 6.47. The molecule has 0 aromatic heterocycles. The summed E-state index contributed by atoms with van der Waals surface area (Å²) in [6.07, 6.45) is 13.4. The molecular formula is C38H40F2O3S. The van der Waals surface area contributed by atoms with Gasteiger partial charge in [0, 0.05) is 4.90 Å². The van der Waals surface area contributed by atoms with Crippen molar-refractivity contribution < 1.29 is 23.4 Å². The average Bonchev–Trinajstić information content (AvgIpc) is 3.37. The minimum Gasteiger partial charge on any atom is -0.490 e. The number of carboxylic acids is 1. The number of rotatable bonds is 13. The summed E-state index contributed by atoms with van der Waals surface area (Å²) in [6.45, 7) is 7.05. The van der Waals surface area contributed by atoms with Crippen molar-refractivity contribution in [1.82, 2.24) is 0 Å². The second-order valence-electron chi connectivity index (χ2n) is 11.8. The Bertz CT molecular complexity index is 1510. The number of unbranched alkanes of at least 4 members (excludes halogenated alkanes) is 2. The molecule has 3 nitrogen and oxygen atoms in total. The Hall–Kier alpha value is -3.64. The molecule has 1 fully saturated rings. The lowest BCUT2D eigenvalue weighted by molar-refractivity contribution is 0.0696. The number of ether oxygens (including phenoxy) is 1. The van der Waals surface area contributed by atoms with Crippen molar-refractivity contribution in [1.29, 1.82) is 0 Å². The number of carboxylic acid groups (broad SMARTS) is 1. The summed E-state index contributed by atoms with van der Waals surface area (Å²) in [5, 5.41) is 6.59. The standard InChI is InChI=1S/C38H40F2O3S/c1-3-5-6-7-9-26-12-18-32(24-26)43-31-19-13-28(14-20-31)36-34(27-15-21-33(22-16-27)44-38(39,40)4-2)11-8-10-29-25-30(37(41)42)17-23-35(29)36/h3-4,13-17,19-23,25-26,32H,1-2,5-12,18,24H2,(H,41,42). The molecule has 5 rings (SSSR count). The van der Waals surface area contributed by atoms with E-state index in [-0.39, 0.29) is 11.7 Å². The third-order valence-corrected chi connectivity index (χ3v) is 9.65. The molecule has 0 amide bonds. The number of hydrogen-bond donors (Lipinski definition) is 1. The zero-order valence-corrected chi connectivity index (χ0v) is 25.9. The number of alkyl halides is 2. The number of thioether (sulfide) groups is 1. The van der Waals surface area contributed by atoms with Gasteiger partial charge in [-0.05, 0) is 145 Å². The fourth-order valence-corrected chi connectivity index (χ4v) is 7.14. The number of carbonyl (C=O) groups is 1. The quantitative estimate of drug-likeness (QED) is 0.118. The van der Waals surface area contributed by atoms with Crippen LogP contribution in [0.2, 0.25) is 0 Å². The summed E-state index contributed by atoms with van der Waals surface area (Å²) in [6, 6.07) is 20.8. The summed E-state index contributed by atoms with van der Waals surface area (Å²) < 4.78 is 34.3. The average molecular weight is 615 g/mol. The highest BCUT2D eigenvalue weighted by atomic mass is 32.2. The first-order chi connectivity index (χ1) is 21.3. The maximum atomic E-state index is 13.9. The molecule has 0 saturated heterocycles. The lowest BCUT2D eigenvalue weighted by Gasteiger charge is -2.19. The number of aromatic carboxylic acids is 1. The minimum atomic E-state index is -3.04. The van der Waals surface area contributed by atoms with Gasteiger partial charge in [-0.1, -0.05) is 55.8 Å².